The van der Waals surface area contributed by atoms with E-state index in [1.807, 2.05) is 0 Å². The molecule has 2 aromatic heterocycles. The second kappa shape index (κ2) is 4.54. The lowest BCUT2D eigenvalue weighted by atomic mass is 10.0. The lowest BCUT2D eigenvalue weighted by molar-refractivity contribution is 0.100. The highest BCUT2D eigenvalue weighted by molar-refractivity contribution is 9.11. The molecule has 3 atom stereocenters. The number of hydrogen-bond donors (Lipinski definition) is 2. The third-order valence-corrected chi connectivity index (χ3v) is 5.96. The Balaban J connectivity index is 1.80. The highest BCUT2D eigenvalue weighted by Crippen LogP contribution is 2.50. The molecule has 0 spiro atoms. The number of amides is 1. The number of fused-ring (bicyclic) bond motifs is 2. The number of likely N-dealkylation sites (tertiary alicyclic amines) is 1. The van der Waals surface area contributed by atoms with Gasteiger partial charge in [0, 0.05) is 6.54 Å². The summed E-state index contributed by atoms with van der Waals surface area (Å²) in [6, 6.07) is 1.45. The van der Waals surface area contributed by atoms with Crippen molar-refractivity contribution < 1.29 is 9.90 Å². The summed E-state index contributed by atoms with van der Waals surface area (Å²) in [6.07, 6.45) is 0.882. The normalized spacial score (nSPS) is 27.7. The Bertz CT molecular complexity index is 802. The number of rotatable bonds is 1. The van der Waals surface area contributed by atoms with Gasteiger partial charge in [-0.15, -0.1) is 11.3 Å². The predicted octanol–water partition coefficient (Wildman–Crippen LogP) is 2.81. The fraction of sp³-hybridized carbons (Fsp3) is 0.462. The van der Waals surface area contributed by atoms with Crippen molar-refractivity contribution >= 4 is 43.6 Å². The maximum atomic E-state index is 12.2. The summed E-state index contributed by atoms with van der Waals surface area (Å²) in [5, 5.41) is 9.39. The van der Waals surface area contributed by atoms with E-state index in [-0.39, 0.29) is 11.6 Å². The second-order valence-corrected chi connectivity index (χ2v) is 8.09. The van der Waals surface area contributed by atoms with Gasteiger partial charge in [0.2, 0.25) is 0 Å². The van der Waals surface area contributed by atoms with Crippen molar-refractivity contribution in [2.75, 3.05) is 6.54 Å². The van der Waals surface area contributed by atoms with Crippen molar-refractivity contribution in [3.8, 4) is 0 Å². The molecule has 4 rings (SSSR count). The van der Waals surface area contributed by atoms with Crippen molar-refractivity contribution in [2.45, 2.75) is 18.9 Å². The van der Waals surface area contributed by atoms with Gasteiger partial charge in [-0.25, -0.2) is 9.78 Å². The number of aromatic nitrogens is 2. The first-order valence-corrected chi connectivity index (χ1v) is 8.32. The van der Waals surface area contributed by atoms with Gasteiger partial charge in [0.15, 0.2) is 0 Å². The zero-order valence-corrected chi connectivity index (χ0v) is 13.3. The summed E-state index contributed by atoms with van der Waals surface area (Å²) in [5.41, 5.74) is 0.419. The minimum Gasteiger partial charge on any atom is -0.465 e. The van der Waals surface area contributed by atoms with E-state index in [0.717, 1.165) is 16.6 Å². The quantitative estimate of drug-likeness (QED) is 0.808. The van der Waals surface area contributed by atoms with Crippen LogP contribution in [-0.4, -0.2) is 32.6 Å². The Morgan fingerprint density at radius 2 is 2.29 bits per heavy atom. The molecule has 0 radical (unpaired) electrons. The standard InChI is InChI=1S/C13H12BrN3O3S/c14-9-3-7-10(21-9)12(18)16-11(15-7)8-2-5-1-6(5)4-17(8)13(19)20/h3,5-6,8H,1-2,4H2,(H,19,20)(H,15,16,18)/t5-,6?,8?/m1/s1. The van der Waals surface area contributed by atoms with Gasteiger partial charge in [-0.1, -0.05) is 0 Å². The van der Waals surface area contributed by atoms with Gasteiger partial charge >= 0.3 is 6.09 Å². The van der Waals surface area contributed by atoms with Gasteiger partial charge in [-0.05, 0) is 46.7 Å². The summed E-state index contributed by atoms with van der Waals surface area (Å²) in [6.45, 7) is 0.541. The number of aromatic amines is 1. The molecular formula is C13H12BrN3O3S. The molecule has 3 heterocycles. The topological polar surface area (TPSA) is 86.3 Å². The molecule has 2 fully saturated rings. The summed E-state index contributed by atoms with van der Waals surface area (Å²) >= 11 is 4.68. The minimum absolute atomic E-state index is 0.200. The van der Waals surface area contributed by atoms with E-state index in [2.05, 4.69) is 25.9 Å². The monoisotopic (exact) mass is 369 g/mol. The number of nitrogens with zero attached hydrogens (tertiary/aromatic N) is 2. The third kappa shape index (κ3) is 2.17. The molecular weight excluding hydrogens is 358 g/mol. The Labute approximate surface area is 131 Å². The number of carboxylic acid groups (broad SMARTS) is 1. The highest BCUT2D eigenvalue weighted by atomic mass is 79.9. The first kappa shape index (κ1) is 13.3. The molecule has 0 bridgehead atoms. The maximum Gasteiger partial charge on any atom is 0.407 e. The highest BCUT2D eigenvalue weighted by Gasteiger charge is 2.48. The number of nitrogens with one attached hydrogen (secondary N) is 1. The van der Waals surface area contributed by atoms with Crippen molar-refractivity contribution in [3.63, 3.8) is 0 Å². The molecule has 6 nitrogen and oxygen atoms in total. The lowest BCUT2D eigenvalue weighted by Crippen LogP contribution is -2.40. The van der Waals surface area contributed by atoms with Crippen molar-refractivity contribution in [1.82, 2.24) is 14.9 Å². The number of thiophene rings is 1. The van der Waals surface area contributed by atoms with Gasteiger partial charge < -0.3 is 10.1 Å². The molecule has 8 heteroatoms. The molecule has 1 aliphatic heterocycles. The lowest BCUT2D eigenvalue weighted by Gasteiger charge is -2.32. The van der Waals surface area contributed by atoms with E-state index in [1.165, 1.54) is 16.2 Å². The zero-order chi connectivity index (χ0) is 14.7. The maximum absolute atomic E-state index is 12.2. The van der Waals surface area contributed by atoms with Crippen LogP contribution in [0.15, 0.2) is 14.6 Å². The molecule has 2 N–H and O–H groups in total. The number of halogens is 1. The molecule has 1 aliphatic carbocycles. The molecule has 1 saturated heterocycles. The van der Waals surface area contributed by atoms with Gasteiger partial charge in [0.05, 0.1) is 15.3 Å². The van der Waals surface area contributed by atoms with Crippen LogP contribution < -0.4 is 5.56 Å². The number of hydrogen-bond acceptors (Lipinski definition) is 4. The van der Waals surface area contributed by atoms with E-state index in [0.29, 0.717) is 34.4 Å². The first-order chi connectivity index (χ1) is 10.0. The van der Waals surface area contributed by atoms with Gasteiger partial charge in [0.25, 0.3) is 5.56 Å². The first-order valence-electron chi connectivity index (χ1n) is 6.71. The second-order valence-electron chi connectivity index (χ2n) is 5.66. The molecule has 21 heavy (non-hydrogen) atoms. The van der Waals surface area contributed by atoms with Crippen LogP contribution in [0.2, 0.25) is 0 Å². The van der Waals surface area contributed by atoms with E-state index in [9.17, 15) is 14.7 Å². The molecule has 1 amide bonds. The fourth-order valence-corrected chi connectivity index (χ4v) is 4.59. The Morgan fingerprint density at radius 1 is 1.48 bits per heavy atom. The van der Waals surface area contributed by atoms with Crippen LogP contribution in [-0.2, 0) is 0 Å². The fourth-order valence-electron chi connectivity index (χ4n) is 3.17. The summed E-state index contributed by atoms with van der Waals surface area (Å²) < 4.78 is 1.40. The predicted molar refractivity (Wildman–Crippen MR) is 81.6 cm³/mol. The average molecular weight is 370 g/mol. The van der Waals surface area contributed by atoms with Gasteiger partial charge in [-0.2, -0.15) is 0 Å². The van der Waals surface area contributed by atoms with Gasteiger partial charge in [-0.3, -0.25) is 9.69 Å². The largest absolute Gasteiger partial charge is 0.465 e. The Kier molecular flexibility index (Phi) is 2.87. The summed E-state index contributed by atoms with van der Waals surface area (Å²) in [7, 11) is 0. The average Bonchev–Trinajstić information content (AvgIpc) is 3.09. The van der Waals surface area contributed by atoms with Crippen LogP contribution in [0.4, 0.5) is 4.79 Å². The number of piperidine rings is 1. The molecule has 2 aliphatic rings. The Morgan fingerprint density at radius 3 is 3.05 bits per heavy atom. The minimum atomic E-state index is -0.945. The van der Waals surface area contributed by atoms with Crippen molar-refractivity contribution in [1.29, 1.82) is 0 Å². The smallest absolute Gasteiger partial charge is 0.407 e. The van der Waals surface area contributed by atoms with Crippen molar-refractivity contribution in [2.24, 2.45) is 11.8 Å². The SMILES string of the molecule is O=C(O)N1CC2C[C@@H]2CC1c1nc2cc(Br)sc2c(=O)[nH]1. The van der Waals surface area contributed by atoms with E-state index in [4.69, 9.17) is 0 Å². The van der Waals surface area contributed by atoms with E-state index in [1.54, 1.807) is 6.07 Å². The van der Waals surface area contributed by atoms with Crippen LogP contribution in [0.3, 0.4) is 0 Å². The molecule has 0 aromatic carbocycles. The van der Waals surface area contributed by atoms with Crippen LogP contribution in [0.25, 0.3) is 10.2 Å². The Hall–Kier alpha value is -1.41. The van der Waals surface area contributed by atoms with Crippen LogP contribution in [0, 0.1) is 11.8 Å². The molecule has 110 valence electrons. The van der Waals surface area contributed by atoms with Crippen LogP contribution in [0.1, 0.15) is 24.7 Å². The summed E-state index contributed by atoms with van der Waals surface area (Å²) in [5.74, 6) is 1.52. The van der Waals surface area contributed by atoms with E-state index >= 15 is 0 Å². The molecule has 1 saturated carbocycles. The number of carbonyl (C=O) groups is 1. The van der Waals surface area contributed by atoms with E-state index < -0.39 is 6.09 Å². The van der Waals surface area contributed by atoms with Crippen LogP contribution >= 0.6 is 27.3 Å². The van der Waals surface area contributed by atoms with Gasteiger partial charge in [0.1, 0.15) is 10.5 Å². The summed E-state index contributed by atoms with van der Waals surface area (Å²) in [4.78, 5) is 32.3. The third-order valence-electron chi connectivity index (χ3n) is 4.33. The van der Waals surface area contributed by atoms with Crippen molar-refractivity contribution in [3.05, 3.63) is 26.0 Å². The zero-order valence-electron chi connectivity index (χ0n) is 10.9. The van der Waals surface area contributed by atoms with Crippen LogP contribution in [0.5, 0.6) is 0 Å². The number of H-pyrrole nitrogens is 1. The molecule has 2 aromatic rings. The molecule has 2 unspecified atom stereocenters.